The summed E-state index contributed by atoms with van der Waals surface area (Å²) in [5.74, 6) is -3.76. The number of fused-ring (bicyclic) bond motifs is 1. The molecule has 1 fully saturated rings. The molecule has 0 saturated carbocycles. The Labute approximate surface area is 192 Å². The summed E-state index contributed by atoms with van der Waals surface area (Å²) in [4.78, 5) is 24.5. The largest absolute Gasteiger partial charge is 0.508 e. The number of hydrogen-bond donors (Lipinski definition) is 6. The van der Waals surface area contributed by atoms with E-state index < -0.39 is 65.8 Å². The van der Waals surface area contributed by atoms with Gasteiger partial charge in [-0.05, 0) is 17.7 Å². The number of rotatable bonds is 4. The number of phenolic OH excluding ortho intramolecular Hbond substituents is 3. The highest BCUT2D eigenvalue weighted by molar-refractivity contribution is 6.03. The van der Waals surface area contributed by atoms with Crippen molar-refractivity contribution in [2.45, 2.75) is 43.2 Å². The van der Waals surface area contributed by atoms with Crippen LogP contribution in [0, 0.1) is 0 Å². The minimum atomic E-state index is -1.87. The van der Waals surface area contributed by atoms with Gasteiger partial charge in [-0.2, -0.15) is 0 Å². The second-order valence-corrected chi connectivity index (χ2v) is 7.81. The van der Waals surface area contributed by atoms with Crippen LogP contribution in [0.2, 0.25) is 0 Å². The zero-order valence-corrected chi connectivity index (χ0v) is 17.7. The fraction of sp³-hybridized carbons (Fsp3) is 0.364. The van der Waals surface area contributed by atoms with Crippen LogP contribution >= 0.6 is 0 Å². The molecule has 2 aromatic rings. The van der Waals surface area contributed by atoms with Gasteiger partial charge in [0.05, 0.1) is 13.5 Å². The van der Waals surface area contributed by atoms with Crippen molar-refractivity contribution in [1.82, 2.24) is 0 Å². The van der Waals surface area contributed by atoms with Crippen LogP contribution in [0.4, 0.5) is 0 Å². The molecule has 12 heteroatoms. The van der Waals surface area contributed by atoms with Crippen molar-refractivity contribution in [3.05, 3.63) is 41.5 Å². The standard InChI is InChI=1S/C22H22O12/c1-31-21(30)20-17(28)16(27)18(29)22(34-20)33-13-7-11(25)14-10(24)6-12(32-19(14)15(13)26)8-2-4-9(23)5-3-8/h2-5,7,12,16-18,20,22-23,25-29H,6H2,1H3. The molecule has 34 heavy (non-hydrogen) atoms. The molecule has 182 valence electrons. The highest BCUT2D eigenvalue weighted by atomic mass is 16.7. The van der Waals surface area contributed by atoms with Gasteiger partial charge in [-0.1, -0.05) is 12.1 Å². The lowest BCUT2D eigenvalue weighted by Gasteiger charge is -2.39. The van der Waals surface area contributed by atoms with Crippen LogP contribution in [-0.4, -0.2) is 80.2 Å². The number of carbonyl (C=O) groups is 2. The molecule has 0 radical (unpaired) electrons. The molecule has 6 unspecified atom stereocenters. The number of benzene rings is 2. The molecule has 0 aliphatic carbocycles. The third-order valence-electron chi connectivity index (χ3n) is 5.62. The first-order chi connectivity index (χ1) is 16.1. The number of ether oxygens (including phenoxy) is 4. The summed E-state index contributed by atoms with van der Waals surface area (Å²) in [6, 6.07) is 6.74. The molecule has 4 rings (SSSR count). The minimum absolute atomic E-state index is 0.00562. The second kappa shape index (κ2) is 8.99. The first-order valence-electron chi connectivity index (χ1n) is 10.1. The number of ketones is 1. The Hall–Kier alpha value is -3.58. The predicted molar refractivity (Wildman–Crippen MR) is 110 cm³/mol. The molecule has 6 atom stereocenters. The van der Waals surface area contributed by atoms with Crippen molar-refractivity contribution in [1.29, 1.82) is 0 Å². The molecular formula is C22H22O12. The SMILES string of the molecule is COC(=O)C1OC(Oc2cc(O)c3c(c2O)OC(c2ccc(O)cc2)CC3=O)C(O)C(O)C1O. The van der Waals surface area contributed by atoms with Gasteiger partial charge in [-0.3, -0.25) is 4.79 Å². The van der Waals surface area contributed by atoms with E-state index in [0.717, 1.165) is 13.2 Å². The van der Waals surface area contributed by atoms with Crippen LogP contribution in [0.15, 0.2) is 30.3 Å². The zero-order valence-electron chi connectivity index (χ0n) is 17.7. The molecule has 6 N–H and O–H groups in total. The zero-order chi connectivity index (χ0) is 24.7. The monoisotopic (exact) mass is 478 g/mol. The number of carbonyl (C=O) groups excluding carboxylic acids is 2. The lowest BCUT2D eigenvalue weighted by Crippen LogP contribution is -2.61. The fourth-order valence-electron chi connectivity index (χ4n) is 3.80. The van der Waals surface area contributed by atoms with Gasteiger partial charge in [0, 0.05) is 6.07 Å². The van der Waals surface area contributed by atoms with E-state index in [0.29, 0.717) is 5.56 Å². The maximum Gasteiger partial charge on any atom is 0.337 e. The number of hydrogen-bond acceptors (Lipinski definition) is 12. The lowest BCUT2D eigenvalue weighted by atomic mass is 9.95. The molecule has 2 aliphatic rings. The predicted octanol–water partition coefficient (Wildman–Crippen LogP) is -0.131. The maximum absolute atomic E-state index is 12.7. The molecule has 0 spiro atoms. The van der Waals surface area contributed by atoms with E-state index >= 15 is 0 Å². The maximum atomic E-state index is 12.7. The van der Waals surface area contributed by atoms with E-state index in [1.54, 1.807) is 0 Å². The van der Waals surface area contributed by atoms with Gasteiger partial charge in [-0.25, -0.2) is 4.79 Å². The van der Waals surface area contributed by atoms with Gasteiger partial charge in [0.1, 0.15) is 41.5 Å². The smallest absolute Gasteiger partial charge is 0.337 e. The molecule has 0 amide bonds. The molecule has 0 bridgehead atoms. The Bertz CT molecular complexity index is 1100. The normalized spacial score (nSPS) is 28.5. The number of aliphatic hydroxyl groups is 3. The van der Waals surface area contributed by atoms with Crippen molar-refractivity contribution in [3.63, 3.8) is 0 Å². The van der Waals surface area contributed by atoms with Gasteiger partial charge < -0.3 is 49.6 Å². The van der Waals surface area contributed by atoms with Crippen LogP contribution in [0.25, 0.3) is 0 Å². The van der Waals surface area contributed by atoms with Gasteiger partial charge in [0.15, 0.2) is 23.4 Å². The highest BCUT2D eigenvalue weighted by Gasteiger charge is 2.49. The van der Waals surface area contributed by atoms with Gasteiger partial charge >= 0.3 is 5.97 Å². The molecule has 12 nitrogen and oxygen atoms in total. The lowest BCUT2D eigenvalue weighted by molar-refractivity contribution is -0.272. The number of methoxy groups -OCH3 is 1. The second-order valence-electron chi connectivity index (χ2n) is 7.81. The summed E-state index contributed by atoms with van der Waals surface area (Å²) < 4.78 is 20.9. The van der Waals surface area contributed by atoms with E-state index in [4.69, 9.17) is 14.2 Å². The van der Waals surface area contributed by atoms with Crippen molar-refractivity contribution in [2.75, 3.05) is 7.11 Å². The Kier molecular flexibility index (Phi) is 6.23. The fourth-order valence-corrected chi connectivity index (χ4v) is 3.80. The van der Waals surface area contributed by atoms with Gasteiger partial charge in [-0.15, -0.1) is 0 Å². The summed E-state index contributed by atoms with van der Waals surface area (Å²) in [7, 11) is 1.03. The van der Waals surface area contributed by atoms with Crippen molar-refractivity contribution < 1.29 is 59.2 Å². The Morgan fingerprint density at radius 1 is 1.03 bits per heavy atom. The summed E-state index contributed by atoms with van der Waals surface area (Å²) in [5, 5.41) is 60.9. The molecule has 2 aliphatic heterocycles. The van der Waals surface area contributed by atoms with E-state index in [1.165, 1.54) is 24.3 Å². The Morgan fingerprint density at radius 2 is 1.71 bits per heavy atom. The van der Waals surface area contributed by atoms with Crippen LogP contribution in [-0.2, 0) is 14.3 Å². The third kappa shape index (κ3) is 4.07. The van der Waals surface area contributed by atoms with Crippen molar-refractivity contribution in [2.24, 2.45) is 0 Å². The van der Waals surface area contributed by atoms with Gasteiger partial charge in [0.2, 0.25) is 12.0 Å². The molecule has 1 saturated heterocycles. The highest BCUT2D eigenvalue weighted by Crippen LogP contribution is 2.50. The molecule has 2 aromatic carbocycles. The number of aromatic hydroxyl groups is 3. The average Bonchev–Trinajstić information content (AvgIpc) is 2.82. The molecule has 0 aromatic heterocycles. The minimum Gasteiger partial charge on any atom is -0.508 e. The molecule has 2 heterocycles. The third-order valence-corrected chi connectivity index (χ3v) is 5.62. The van der Waals surface area contributed by atoms with Crippen LogP contribution < -0.4 is 9.47 Å². The van der Waals surface area contributed by atoms with E-state index in [2.05, 4.69) is 4.74 Å². The number of phenols is 3. The first kappa shape index (κ1) is 23.6. The van der Waals surface area contributed by atoms with Crippen LogP contribution in [0.1, 0.15) is 28.4 Å². The summed E-state index contributed by atoms with van der Waals surface area (Å²) in [5.41, 5.74) is 0.235. The quantitative estimate of drug-likeness (QED) is 0.252. The average molecular weight is 478 g/mol. The van der Waals surface area contributed by atoms with Crippen LogP contribution in [0.3, 0.4) is 0 Å². The summed E-state index contributed by atoms with van der Waals surface area (Å²) in [6.07, 6.45) is -10.0. The number of Topliss-reactive ketones (excluding diaryl/α,β-unsaturated/α-hetero) is 1. The first-order valence-corrected chi connectivity index (χ1v) is 10.1. The van der Waals surface area contributed by atoms with E-state index in [1.807, 2.05) is 0 Å². The van der Waals surface area contributed by atoms with Crippen molar-refractivity contribution in [3.8, 4) is 28.7 Å². The van der Waals surface area contributed by atoms with E-state index in [-0.39, 0.29) is 23.5 Å². The van der Waals surface area contributed by atoms with Gasteiger partial charge in [0.25, 0.3) is 0 Å². The van der Waals surface area contributed by atoms with Crippen LogP contribution in [0.5, 0.6) is 28.7 Å². The Morgan fingerprint density at radius 3 is 2.35 bits per heavy atom. The summed E-state index contributed by atoms with van der Waals surface area (Å²) >= 11 is 0. The number of aliphatic hydroxyl groups excluding tert-OH is 3. The number of esters is 1. The summed E-state index contributed by atoms with van der Waals surface area (Å²) in [6.45, 7) is 0. The Balaban J connectivity index is 1.65. The molecular weight excluding hydrogens is 456 g/mol. The van der Waals surface area contributed by atoms with E-state index in [9.17, 15) is 40.2 Å². The van der Waals surface area contributed by atoms with Crippen molar-refractivity contribution >= 4 is 11.8 Å². The topological polar surface area (TPSA) is 192 Å².